The largest absolute Gasteiger partial charge is 0.366 e. The summed E-state index contributed by atoms with van der Waals surface area (Å²) < 4.78 is 0. The minimum absolute atomic E-state index is 0.216. The number of nitriles is 1. The molecule has 0 amide bonds. The number of hydrogen-bond donors (Lipinski definition) is 0. The van der Waals surface area contributed by atoms with E-state index >= 15 is 0 Å². The average Bonchev–Trinajstić information content (AvgIpc) is 3.08. The van der Waals surface area contributed by atoms with Crippen molar-refractivity contribution in [3.05, 3.63) is 28.1 Å². The predicted molar refractivity (Wildman–Crippen MR) is 75.6 cm³/mol. The smallest absolute Gasteiger partial charge is 0.184 e. The molecule has 2 aliphatic rings. The SMILES string of the molecule is N#CCc1cc(C2=CN(C3CCCC3)CC2=O)cs1. The van der Waals surface area contributed by atoms with Gasteiger partial charge in [-0.2, -0.15) is 5.26 Å². The highest BCUT2D eigenvalue weighted by molar-refractivity contribution is 7.10. The van der Waals surface area contributed by atoms with Crippen LogP contribution < -0.4 is 0 Å². The highest BCUT2D eigenvalue weighted by Gasteiger charge is 2.29. The van der Waals surface area contributed by atoms with Gasteiger partial charge in [-0.1, -0.05) is 12.8 Å². The number of carbonyl (C=O) groups excluding carboxylic acids is 1. The summed E-state index contributed by atoms with van der Waals surface area (Å²) in [4.78, 5) is 15.4. The van der Waals surface area contributed by atoms with Crippen molar-refractivity contribution < 1.29 is 4.79 Å². The maximum atomic E-state index is 12.1. The van der Waals surface area contributed by atoms with Crippen LogP contribution in [-0.2, 0) is 11.2 Å². The van der Waals surface area contributed by atoms with E-state index in [-0.39, 0.29) is 5.78 Å². The van der Waals surface area contributed by atoms with Crippen LogP contribution in [0.15, 0.2) is 17.6 Å². The van der Waals surface area contributed by atoms with Crippen LogP contribution in [0.25, 0.3) is 5.57 Å². The van der Waals surface area contributed by atoms with Gasteiger partial charge in [0.05, 0.1) is 19.0 Å². The van der Waals surface area contributed by atoms with Crippen molar-refractivity contribution in [1.82, 2.24) is 4.90 Å². The van der Waals surface area contributed by atoms with Gasteiger partial charge in [0.25, 0.3) is 0 Å². The third kappa shape index (κ3) is 2.43. The molecule has 4 heteroatoms. The van der Waals surface area contributed by atoms with Crippen molar-refractivity contribution in [2.45, 2.75) is 38.1 Å². The Labute approximate surface area is 117 Å². The molecule has 3 rings (SSSR count). The summed E-state index contributed by atoms with van der Waals surface area (Å²) in [5.41, 5.74) is 1.81. The van der Waals surface area contributed by atoms with Crippen LogP contribution in [0.3, 0.4) is 0 Å². The number of rotatable bonds is 3. The molecule has 1 aliphatic heterocycles. The van der Waals surface area contributed by atoms with Gasteiger partial charge in [-0.05, 0) is 29.9 Å². The van der Waals surface area contributed by atoms with Crippen molar-refractivity contribution in [1.29, 1.82) is 5.26 Å². The molecule has 0 bridgehead atoms. The Hall–Kier alpha value is -1.60. The van der Waals surface area contributed by atoms with Gasteiger partial charge in [0.2, 0.25) is 0 Å². The number of thiophene rings is 1. The first-order valence-corrected chi connectivity index (χ1v) is 7.61. The molecule has 0 N–H and O–H groups in total. The van der Waals surface area contributed by atoms with Gasteiger partial charge in [-0.25, -0.2) is 0 Å². The lowest BCUT2D eigenvalue weighted by molar-refractivity contribution is -0.113. The maximum absolute atomic E-state index is 12.1. The van der Waals surface area contributed by atoms with Crippen LogP contribution in [-0.4, -0.2) is 23.3 Å². The fourth-order valence-corrected chi connectivity index (χ4v) is 3.75. The number of nitrogens with zero attached hydrogens (tertiary/aromatic N) is 2. The second-order valence-corrected chi connectivity index (χ2v) is 6.21. The second-order valence-electron chi connectivity index (χ2n) is 5.21. The Morgan fingerprint density at radius 2 is 2.21 bits per heavy atom. The number of hydrogen-bond acceptors (Lipinski definition) is 4. The molecule has 1 aromatic rings. The highest BCUT2D eigenvalue weighted by atomic mass is 32.1. The van der Waals surface area contributed by atoms with Crippen molar-refractivity contribution in [2.75, 3.05) is 6.54 Å². The van der Waals surface area contributed by atoms with Crippen LogP contribution in [0, 0.1) is 11.3 Å². The van der Waals surface area contributed by atoms with E-state index < -0.39 is 0 Å². The van der Waals surface area contributed by atoms with Gasteiger partial charge < -0.3 is 4.90 Å². The lowest BCUT2D eigenvalue weighted by Crippen LogP contribution is -2.28. The average molecular weight is 272 g/mol. The Morgan fingerprint density at radius 3 is 2.95 bits per heavy atom. The second kappa shape index (κ2) is 5.18. The Morgan fingerprint density at radius 1 is 1.42 bits per heavy atom. The Bertz CT molecular complexity index is 561. The molecule has 1 aliphatic carbocycles. The van der Waals surface area contributed by atoms with E-state index in [1.165, 1.54) is 25.7 Å². The van der Waals surface area contributed by atoms with Gasteiger partial charge in [0.15, 0.2) is 5.78 Å². The molecule has 0 spiro atoms. The third-order valence-corrected chi connectivity index (χ3v) is 4.87. The van der Waals surface area contributed by atoms with E-state index in [0.717, 1.165) is 16.0 Å². The normalized spacial score (nSPS) is 19.8. The summed E-state index contributed by atoms with van der Waals surface area (Å²) in [5.74, 6) is 0.216. The van der Waals surface area contributed by atoms with E-state index in [4.69, 9.17) is 5.26 Å². The van der Waals surface area contributed by atoms with Gasteiger partial charge in [-0.15, -0.1) is 11.3 Å². The van der Waals surface area contributed by atoms with Gasteiger partial charge in [0, 0.05) is 22.7 Å². The van der Waals surface area contributed by atoms with Crippen LogP contribution in [0.2, 0.25) is 0 Å². The minimum Gasteiger partial charge on any atom is -0.366 e. The molecule has 1 saturated carbocycles. The summed E-state index contributed by atoms with van der Waals surface area (Å²) >= 11 is 1.56. The molecular weight excluding hydrogens is 256 g/mol. The third-order valence-electron chi connectivity index (χ3n) is 3.93. The first-order chi connectivity index (χ1) is 9.28. The topological polar surface area (TPSA) is 44.1 Å². The zero-order valence-electron chi connectivity index (χ0n) is 10.8. The molecule has 1 fully saturated rings. The molecule has 3 nitrogen and oxygen atoms in total. The van der Waals surface area contributed by atoms with Crippen LogP contribution in [0.1, 0.15) is 36.1 Å². The number of Topliss-reactive ketones (excluding diaryl/α,β-unsaturated/α-hetero) is 1. The molecule has 98 valence electrons. The zero-order chi connectivity index (χ0) is 13.2. The van der Waals surface area contributed by atoms with Crippen molar-refractivity contribution in [3.8, 4) is 6.07 Å². The minimum atomic E-state index is 0.216. The monoisotopic (exact) mass is 272 g/mol. The Balaban J connectivity index is 1.80. The molecule has 1 aromatic heterocycles. The predicted octanol–water partition coefficient (Wildman–Crippen LogP) is 2.98. The first kappa shape index (κ1) is 12.4. The molecule has 2 heterocycles. The summed E-state index contributed by atoms with van der Waals surface area (Å²) in [7, 11) is 0. The number of ketones is 1. The van der Waals surface area contributed by atoms with E-state index in [9.17, 15) is 4.79 Å². The van der Waals surface area contributed by atoms with E-state index in [0.29, 0.717) is 19.0 Å². The van der Waals surface area contributed by atoms with Crippen molar-refractivity contribution in [3.63, 3.8) is 0 Å². The molecule has 0 radical (unpaired) electrons. The van der Waals surface area contributed by atoms with Crippen LogP contribution >= 0.6 is 11.3 Å². The summed E-state index contributed by atoms with van der Waals surface area (Å²) in [6, 6.07) is 4.68. The molecule has 0 saturated heterocycles. The number of carbonyl (C=O) groups is 1. The van der Waals surface area contributed by atoms with Crippen LogP contribution in [0.4, 0.5) is 0 Å². The summed E-state index contributed by atoms with van der Waals surface area (Å²) in [6.45, 7) is 0.531. The zero-order valence-corrected chi connectivity index (χ0v) is 11.6. The maximum Gasteiger partial charge on any atom is 0.184 e. The molecular formula is C15H16N2OS. The first-order valence-electron chi connectivity index (χ1n) is 6.73. The lowest BCUT2D eigenvalue weighted by atomic mass is 10.1. The Kier molecular flexibility index (Phi) is 3.39. The fourth-order valence-electron chi connectivity index (χ4n) is 2.93. The molecule has 0 aromatic carbocycles. The lowest BCUT2D eigenvalue weighted by Gasteiger charge is -2.22. The summed E-state index contributed by atoms with van der Waals surface area (Å²) in [6.07, 6.45) is 7.45. The standard InChI is InChI=1S/C15H16N2OS/c16-6-5-13-7-11(10-19-13)14-8-17(9-15(14)18)12-3-1-2-4-12/h7-8,10,12H,1-5,9H2. The quantitative estimate of drug-likeness (QED) is 0.849. The molecule has 19 heavy (non-hydrogen) atoms. The van der Waals surface area contributed by atoms with E-state index in [1.54, 1.807) is 11.3 Å². The highest BCUT2D eigenvalue weighted by Crippen LogP contribution is 2.31. The fraction of sp³-hybridized carbons (Fsp3) is 0.467. The molecule has 0 atom stereocenters. The molecule has 0 unspecified atom stereocenters. The summed E-state index contributed by atoms with van der Waals surface area (Å²) in [5, 5.41) is 10.7. The van der Waals surface area contributed by atoms with E-state index in [1.807, 2.05) is 17.6 Å². The van der Waals surface area contributed by atoms with Gasteiger partial charge in [-0.3, -0.25) is 4.79 Å². The van der Waals surface area contributed by atoms with Crippen molar-refractivity contribution >= 4 is 22.7 Å². The van der Waals surface area contributed by atoms with Gasteiger partial charge >= 0.3 is 0 Å². The van der Waals surface area contributed by atoms with Crippen LogP contribution in [0.5, 0.6) is 0 Å². The van der Waals surface area contributed by atoms with E-state index in [2.05, 4.69) is 11.0 Å². The van der Waals surface area contributed by atoms with Gasteiger partial charge in [0.1, 0.15) is 0 Å². The van der Waals surface area contributed by atoms with Crippen molar-refractivity contribution in [2.24, 2.45) is 0 Å².